The minimum absolute atomic E-state index is 0. The van der Waals surface area contributed by atoms with Crippen LogP contribution in [-0.2, 0) is 4.79 Å². The summed E-state index contributed by atoms with van der Waals surface area (Å²) in [7, 11) is 1.84. The van der Waals surface area contributed by atoms with Crippen LogP contribution in [0.2, 0.25) is 5.02 Å². The SMILES string of the molecule is CN(C(=O)c1ccc(NC(=O)CCCN)cc1Cl)C1CCCCC1.Cl. The van der Waals surface area contributed by atoms with Crippen molar-refractivity contribution in [3.05, 3.63) is 28.8 Å². The van der Waals surface area contributed by atoms with Gasteiger partial charge in [-0.3, -0.25) is 9.59 Å². The molecule has 0 saturated heterocycles. The molecule has 1 aliphatic rings. The van der Waals surface area contributed by atoms with E-state index in [4.69, 9.17) is 17.3 Å². The van der Waals surface area contributed by atoms with Crippen molar-refractivity contribution in [1.82, 2.24) is 4.90 Å². The highest BCUT2D eigenvalue weighted by molar-refractivity contribution is 6.34. The topological polar surface area (TPSA) is 75.4 Å². The van der Waals surface area contributed by atoms with Gasteiger partial charge >= 0.3 is 0 Å². The van der Waals surface area contributed by atoms with Gasteiger partial charge in [0.05, 0.1) is 10.6 Å². The maximum absolute atomic E-state index is 12.7. The molecule has 0 heterocycles. The van der Waals surface area contributed by atoms with Crippen LogP contribution in [0, 0.1) is 0 Å². The van der Waals surface area contributed by atoms with Gasteiger partial charge < -0.3 is 16.0 Å². The average molecular weight is 388 g/mol. The van der Waals surface area contributed by atoms with Crippen LogP contribution in [0.3, 0.4) is 0 Å². The molecule has 0 radical (unpaired) electrons. The summed E-state index contributed by atoms with van der Waals surface area (Å²) in [6, 6.07) is 5.32. The number of benzene rings is 1. The smallest absolute Gasteiger partial charge is 0.255 e. The van der Waals surface area contributed by atoms with Crippen LogP contribution in [0.4, 0.5) is 5.69 Å². The maximum atomic E-state index is 12.7. The fraction of sp³-hybridized carbons (Fsp3) is 0.556. The Kier molecular flexibility index (Phi) is 9.25. The Hall–Kier alpha value is -1.30. The molecule has 25 heavy (non-hydrogen) atoms. The Bertz CT molecular complexity index is 590. The number of nitrogens with two attached hydrogens (primary N) is 1. The largest absolute Gasteiger partial charge is 0.339 e. The first-order valence-corrected chi connectivity index (χ1v) is 8.97. The summed E-state index contributed by atoms with van der Waals surface area (Å²) in [4.78, 5) is 26.2. The van der Waals surface area contributed by atoms with E-state index in [-0.39, 0.29) is 30.3 Å². The zero-order chi connectivity index (χ0) is 17.5. The fourth-order valence-corrected chi connectivity index (χ4v) is 3.34. The summed E-state index contributed by atoms with van der Waals surface area (Å²) in [5.41, 5.74) is 6.47. The van der Waals surface area contributed by atoms with Gasteiger partial charge in [0.1, 0.15) is 0 Å². The van der Waals surface area contributed by atoms with Crippen molar-refractivity contribution in [1.29, 1.82) is 0 Å². The van der Waals surface area contributed by atoms with Crippen molar-refractivity contribution in [3.8, 4) is 0 Å². The molecule has 1 aromatic rings. The van der Waals surface area contributed by atoms with Crippen LogP contribution in [0.15, 0.2) is 18.2 Å². The highest BCUT2D eigenvalue weighted by Crippen LogP contribution is 2.26. The number of rotatable bonds is 6. The number of amides is 2. The van der Waals surface area contributed by atoms with E-state index in [9.17, 15) is 9.59 Å². The van der Waals surface area contributed by atoms with E-state index in [0.29, 0.717) is 35.7 Å². The minimum atomic E-state index is -0.102. The van der Waals surface area contributed by atoms with Gasteiger partial charge in [-0.15, -0.1) is 12.4 Å². The Morgan fingerprint density at radius 1 is 1.28 bits per heavy atom. The molecule has 0 unspecified atom stereocenters. The summed E-state index contributed by atoms with van der Waals surface area (Å²) in [6.07, 6.45) is 6.71. The standard InChI is InChI=1S/C18H26ClN3O2.ClH/c1-22(14-6-3-2-4-7-14)18(24)15-10-9-13(12-16(15)19)21-17(23)8-5-11-20;/h9-10,12,14H,2-8,11,20H2,1H3,(H,21,23);1H. The molecule has 1 saturated carbocycles. The molecular weight excluding hydrogens is 361 g/mol. The van der Waals surface area contributed by atoms with Gasteiger partial charge in [-0.2, -0.15) is 0 Å². The first-order chi connectivity index (χ1) is 11.5. The summed E-state index contributed by atoms with van der Waals surface area (Å²) >= 11 is 6.28. The molecular formula is C18H27Cl2N3O2. The third-order valence-electron chi connectivity index (χ3n) is 4.53. The van der Waals surface area contributed by atoms with Gasteiger partial charge in [0.2, 0.25) is 5.91 Å². The fourth-order valence-electron chi connectivity index (χ4n) is 3.08. The summed E-state index contributed by atoms with van der Waals surface area (Å²) in [5.74, 6) is -0.164. The second kappa shape index (κ2) is 10.6. The van der Waals surface area contributed by atoms with Gasteiger partial charge in [0.25, 0.3) is 5.91 Å². The number of hydrogen-bond donors (Lipinski definition) is 2. The molecule has 5 nitrogen and oxygen atoms in total. The van der Waals surface area contributed by atoms with Crippen molar-refractivity contribution < 1.29 is 9.59 Å². The van der Waals surface area contributed by atoms with Crippen LogP contribution >= 0.6 is 24.0 Å². The molecule has 2 amide bonds. The molecule has 0 atom stereocenters. The second-order valence-electron chi connectivity index (χ2n) is 6.34. The molecule has 2 rings (SSSR count). The lowest BCUT2D eigenvalue weighted by molar-refractivity contribution is -0.116. The lowest BCUT2D eigenvalue weighted by Crippen LogP contribution is -2.38. The van der Waals surface area contributed by atoms with E-state index in [0.717, 1.165) is 12.8 Å². The maximum Gasteiger partial charge on any atom is 0.255 e. The zero-order valence-corrected chi connectivity index (χ0v) is 16.2. The lowest BCUT2D eigenvalue weighted by atomic mass is 9.94. The van der Waals surface area contributed by atoms with E-state index in [1.807, 2.05) is 7.05 Å². The Labute approximate surface area is 160 Å². The van der Waals surface area contributed by atoms with Gasteiger partial charge in [0.15, 0.2) is 0 Å². The van der Waals surface area contributed by atoms with Gasteiger partial charge in [-0.1, -0.05) is 30.9 Å². The van der Waals surface area contributed by atoms with E-state index in [1.54, 1.807) is 23.1 Å². The van der Waals surface area contributed by atoms with Crippen molar-refractivity contribution in [2.24, 2.45) is 5.73 Å². The summed E-state index contributed by atoms with van der Waals surface area (Å²) < 4.78 is 0. The molecule has 1 aliphatic carbocycles. The number of nitrogens with zero attached hydrogens (tertiary/aromatic N) is 1. The van der Waals surface area contributed by atoms with Crippen molar-refractivity contribution in [3.63, 3.8) is 0 Å². The number of nitrogens with one attached hydrogen (secondary N) is 1. The highest BCUT2D eigenvalue weighted by Gasteiger charge is 2.24. The molecule has 1 aromatic carbocycles. The van der Waals surface area contributed by atoms with Crippen LogP contribution in [-0.4, -0.2) is 36.3 Å². The quantitative estimate of drug-likeness (QED) is 0.778. The molecule has 140 valence electrons. The van der Waals surface area contributed by atoms with Crippen LogP contribution in [0.25, 0.3) is 0 Å². The monoisotopic (exact) mass is 387 g/mol. The van der Waals surface area contributed by atoms with Crippen LogP contribution < -0.4 is 11.1 Å². The minimum Gasteiger partial charge on any atom is -0.339 e. The summed E-state index contributed by atoms with van der Waals surface area (Å²) in [6.45, 7) is 0.481. The molecule has 0 bridgehead atoms. The predicted molar refractivity (Wildman–Crippen MR) is 105 cm³/mol. The highest BCUT2D eigenvalue weighted by atomic mass is 35.5. The predicted octanol–water partition coefficient (Wildman–Crippen LogP) is 3.84. The Balaban J connectivity index is 0.00000312. The van der Waals surface area contributed by atoms with E-state index < -0.39 is 0 Å². The van der Waals surface area contributed by atoms with Gasteiger partial charge in [-0.25, -0.2) is 0 Å². The molecule has 0 aliphatic heterocycles. The zero-order valence-electron chi connectivity index (χ0n) is 14.6. The number of halogens is 2. The molecule has 0 aromatic heterocycles. The third kappa shape index (κ3) is 6.17. The molecule has 1 fully saturated rings. The average Bonchev–Trinajstić information content (AvgIpc) is 2.59. The normalized spacial score (nSPS) is 14.5. The Morgan fingerprint density at radius 2 is 1.96 bits per heavy atom. The first-order valence-electron chi connectivity index (χ1n) is 8.59. The second-order valence-corrected chi connectivity index (χ2v) is 6.75. The van der Waals surface area contributed by atoms with Crippen LogP contribution in [0.5, 0.6) is 0 Å². The number of carbonyl (C=O) groups excluding carboxylic acids is 2. The van der Waals surface area contributed by atoms with Crippen molar-refractivity contribution in [2.45, 2.75) is 51.0 Å². The molecule has 0 spiro atoms. The van der Waals surface area contributed by atoms with Crippen molar-refractivity contribution >= 4 is 41.5 Å². The van der Waals surface area contributed by atoms with Crippen molar-refractivity contribution in [2.75, 3.05) is 18.9 Å². The van der Waals surface area contributed by atoms with E-state index in [2.05, 4.69) is 5.32 Å². The van der Waals surface area contributed by atoms with Gasteiger partial charge in [0, 0.05) is 25.2 Å². The number of hydrogen-bond acceptors (Lipinski definition) is 3. The summed E-state index contributed by atoms with van der Waals surface area (Å²) in [5, 5.41) is 3.13. The third-order valence-corrected chi connectivity index (χ3v) is 4.85. The van der Waals surface area contributed by atoms with E-state index in [1.165, 1.54) is 19.3 Å². The Morgan fingerprint density at radius 3 is 2.56 bits per heavy atom. The number of carbonyl (C=O) groups is 2. The molecule has 7 heteroatoms. The first kappa shape index (κ1) is 21.7. The van der Waals surface area contributed by atoms with Gasteiger partial charge in [-0.05, 0) is 44.0 Å². The van der Waals surface area contributed by atoms with E-state index >= 15 is 0 Å². The lowest BCUT2D eigenvalue weighted by Gasteiger charge is -2.31. The molecule has 3 N–H and O–H groups in total. The van der Waals surface area contributed by atoms with Crippen LogP contribution in [0.1, 0.15) is 55.3 Å². The number of anilines is 1.